The Bertz CT molecular complexity index is 409. The van der Waals surface area contributed by atoms with Gasteiger partial charge < -0.3 is 0 Å². The van der Waals surface area contributed by atoms with Crippen molar-refractivity contribution in [3.63, 3.8) is 0 Å². The van der Waals surface area contributed by atoms with Gasteiger partial charge in [0.1, 0.15) is 0 Å². The molecule has 1 aromatic carbocycles. The largest absolute Gasteiger partial charge is 0.222 e. The molecular weight excluding hydrogens is 254 g/mol. The van der Waals surface area contributed by atoms with Gasteiger partial charge in [0, 0.05) is 16.0 Å². The van der Waals surface area contributed by atoms with Crippen molar-refractivity contribution in [3.05, 3.63) is 29.8 Å². The van der Waals surface area contributed by atoms with Gasteiger partial charge in [0.15, 0.2) is 0 Å². The van der Waals surface area contributed by atoms with Gasteiger partial charge in [-0.05, 0) is 66.0 Å². The van der Waals surface area contributed by atoms with Crippen molar-refractivity contribution in [2.24, 2.45) is 0 Å². The van der Waals surface area contributed by atoms with Crippen molar-refractivity contribution in [1.82, 2.24) is 5.06 Å². The SMILES string of the molecule is Cc1ccc(SON2C(C)(C)CCCC2(C)C)cc1. The molecule has 1 aromatic rings. The number of hydrogen-bond donors (Lipinski definition) is 0. The van der Waals surface area contributed by atoms with Crippen LogP contribution in [-0.2, 0) is 4.28 Å². The number of nitrogens with zero attached hydrogens (tertiary/aromatic N) is 1. The molecule has 2 nitrogen and oxygen atoms in total. The maximum atomic E-state index is 6.09. The number of hydroxylamine groups is 2. The number of hydrogen-bond acceptors (Lipinski definition) is 3. The van der Waals surface area contributed by atoms with Crippen LogP contribution in [-0.4, -0.2) is 16.1 Å². The van der Waals surface area contributed by atoms with E-state index in [1.165, 1.54) is 36.9 Å². The number of rotatable bonds is 3. The van der Waals surface area contributed by atoms with Crippen LogP contribution in [0.15, 0.2) is 29.2 Å². The van der Waals surface area contributed by atoms with E-state index in [2.05, 4.69) is 63.9 Å². The maximum Gasteiger partial charge on any atom is 0.0527 e. The monoisotopic (exact) mass is 279 g/mol. The van der Waals surface area contributed by atoms with Crippen LogP contribution >= 0.6 is 12.0 Å². The molecule has 0 amide bonds. The molecule has 1 aliphatic heterocycles. The summed E-state index contributed by atoms with van der Waals surface area (Å²) in [6.07, 6.45) is 3.64. The predicted octanol–water partition coefficient (Wildman–Crippen LogP) is 4.98. The van der Waals surface area contributed by atoms with Crippen molar-refractivity contribution in [3.8, 4) is 0 Å². The lowest BCUT2D eigenvalue weighted by Crippen LogP contribution is -2.57. The zero-order valence-electron chi connectivity index (χ0n) is 12.7. The van der Waals surface area contributed by atoms with E-state index in [1.54, 1.807) is 0 Å². The summed E-state index contributed by atoms with van der Waals surface area (Å²) in [5, 5.41) is 2.19. The summed E-state index contributed by atoms with van der Waals surface area (Å²) in [6, 6.07) is 8.48. The highest BCUT2D eigenvalue weighted by Crippen LogP contribution is 2.40. The topological polar surface area (TPSA) is 12.5 Å². The van der Waals surface area contributed by atoms with E-state index < -0.39 is 0 Å². The van der Waals surface area contributed by atoms with Gasteiger partial charge in [-0.15, -0.1) is 0 Å². The van der Waals surface area contributed by atoms with Crippen LogP contribution in [0.3, 0.4) is 0 Å². The Morgan fingerprint density at radius 1 is 1.00 bits per heavy atom. The van der Waals surface area contributed by atoms with E-state index >= 15 is 0 Å². The van der Waals surface area contributed by atoms with Crippen LogP contribution in [0.2, 0.25) is 0 Å². The second-order valence-electron chi connectivity index (χ2n) is 6.74. The normalized spacial score (nSPS) is 22.4. The summed E-state index contributed by atoms with van der Waals surface area (Å²) in [6.45, 7) is 11.2. The van der Waals surface area contributed by atoms with Crippen LogP contribution in [0.25, 0.3) is 0 Å². The van der Waals surface area contributed by atoms with E-state index in [-0.39, 0.29) is 11.1 Å². The molecule has 2 rings (SSSR count). The number of piperidine rings is 1. The molecule has 0 aromatic heterocycles. The average Bonchev–Trinajstić information content (AvgIpc) is 2.29. The minimum absolute atomic E-state index is 0.0967. The lowest BCUT2D eigenvalue weighted by Gasteiger charge is -2.50. The second-order valence-corrected chi connectivity index (χ2v) is 7.53. The van der Waals surface area contributed by atoms with E-state index in [4.69, 9.17) is 4.28 Å². The maximum absolute atomic E-state index is 6.09. The Hall–Kier alpha value is -0.510. The first-order valence-electron chi connectivity index (χ1n) is 7.03. The van der Waals surface area contributed by atoms with Gasteiger partial charge in [-0.25, -0.2) is 4.28 Å². The van der Waals surface area contributed by atoms with Crippen LogP contribution in [0.4, 0.5) is 0 Å². The Kier molecular flexibility index (Phi) is 4.29. The van der Waals surface area contributed by atoms with Crippen LogP contribution in [0.1, 0.15) is 52.5 Å². The molecule has 0 bridgehead atoms. The minimum Gasteiger partial charge on any atom is -0.222 e. The average molecular weight is 279 g/mol. The molecule has 0 N–H and O–H groups in total. The van der Waals surface area contributed by atoms with Crippen molar-refractivity contribution < 1.29 is 4.28 Å². The summed E-state index contributed by atoms with van der Waals surface area (Å²) in [5.41, 5.74) is 1.47. The summed E-state index contributed by atoms with van der Waals surface area (Å²) in [5.74, 6) is 0. The lowest BCUT2D eigenvalue weighted by atomic mass is 9.82. The summed E-state index contributed by atoms with van der Waals surface area (Å²) >= 11 is 1.47. The third-order valence-electron chi connectivity index (χ3n) is 3.91. The standard InChI is InChI=1S/C16H25NOS/c1-13-7-9-14(10-8-13)19-18-17-15(2,3)11-6-12-16(17,4)5/h7-10H,6,11-12H2,1-5H3. The summed E-state index contributed by atoms with van der Waals surface area (Å²) < 4.78 is 6.09. The van der Waals surface area contributed by atoms with Gasteiger partial charge in [-0.2, -0.15) is 5.06 Å². The van der Waals surface area contributed by atoms with Crippen LogP contribution in [0, 0.1) is 6.92 Å². The second kappa shape index (κ2) is 5.47. The zero-order chi connectivity index (χ0) is 14.1. The minimum atomic E-state index is 0.0967. The predicted molar refractivity (Wildman–Crippen MR) is 82.0 cm³/mol. The van der Waals surface area contributed by atoms with Gasteiger partial charge in [0.2, 0.25) is 0 Å². The summed E-state index contributed by atoms with van der Waals surface area (Å²) in [4.78, 5) is 1.16. The van der Waals surface area contributed by atoms with Crippen LogP contribution in [0.5, 0.6) is 0 Å². The van der Waals surface area contributed by atoms with E-state index in [0.717, 1.165) is 4.90 Å². The third kappa shape index (κ3) is 3.53. The molecule has 0 radical (unpaired) electrons. The smallest absolute Gasteiger partial charge is 0.0527 e. The fourth-order valence-corrected chi connectivity index (χ4v) is 3.66. The van der Waals surface area contributed by atoms with E-state index in [0.29, 0.717) is 0 Å². The molecule has 106 valence electrons. The molecule has 1 aliphatic rings. The van der Waals surface area contributed by atoms with Crippen molar-refractivity contribution in [2.45, 2.75) is 69.9 Å². The van der Waals surface area contributed by atoms with Gasteiger partial charge in [-0.3, -0.25) is 0 Å². The summed E-state index contributed by atoms with van der Waals surface area (Å²) in [7, 11) is 0. The Morgan fingerprint density at radius 2 is 1.53 bits per heavy atom. The van der Waals surface area contributed by atoms with Gasteiger partial charge in [0.25, 0.3) is 0 Å². The molecule has 0 spiro atoms. The highest BCUT2D eigenvalue weighted by molar-refractivity contribution is 7.94. The molecule has 0 aliphatic carbocycles. The number of benzene rings is 1. The molecule has 1 saturated heterocycles. The first-order valence-corrected chi connectivity index (χ1v) is 7.77. The quantitative estimate of drug-likeness (QED) is 0.724. The van der Waals surface area contributed by atoms with Crippen molar-refractivity contribution >= 4 is 12.0 Å². The molecule has 0 atom stereocenters. The van der Waals surface area contributed by atoms with Gasteiger partial charge >= 0.3 is 0 Å². The van der Waals surface area contributed by atoms with Gasteiger partial charge in [-0.1, -0.05) is 17.7 Å². The third-order valence-corrected chi connectivity index (χ3v) is 4.59. The molecule has 19 heavy (non-hydrogen) atoms. The Morgan fingerprint density at radius 3 is 2.05 bits per heavy atom. The molecule has 0 unspecified atom stereocenters. The van der Waals surface area contributed by atoms with Crippen molar-refractivity contribution in [1.29, 1.82) is 0 Å². The molecule has 1 fully saturated rings. The highest BCUT2D eigenvalue weighted by Gasteiger charge is 2.42. The Labute approximate surface area is 121 Å². The number of aryl methyl sites for hydroxylation is 1. The molecular formula is C16H25NOS. The zero-order valence-corrected chi connectivity index (χ0v) is 13.5. The molecule has 0 saturated carbocycles. The fraction of sp³-hybridized carbons (Fsp3) is 0.625. The fourth-order valence-electron chi connectivity index (χ4n) is 2.85. The van der Waals surface area contributed by atoms with Crippen LogP contribution < -0.4 is 0 Å². The van der Waals surface area contributed by atoms with E-state index in [9.17, 15) is 0 Å². The molecule has 3 heteroatoms. The highest BCUT2D eigenvalue weighted by atomic mass is 32.2. The first kappa shape index (κ1) is 14.9. The van der Waals surface area contributed by atoms with Crippen molar-refractivity contribution in [2.75, 3.05) is 0 Å². The first-order chi connectivity index (χ1) is 8.81. The Balaban J connectivity index is 2.05. The van der Waals surface area contributed by atoms with E-state index in [1.807, 2.05) is 0 Å². The molecule has 1 heterocycles. The van der Waals surface area contributed by atoms with Gasteiger partial charge in [0.05, 0.1) is 12.0 Å². The lowest BCUT2D eigenvalue weighted by molar-refractivity contribution is -0.206.